The van der Waals surface area contributed by atoms with E-state index < -0.39 is 11.7 Å². The lowest BCUT2D eigenvalue weighted by atomic mass is 10.0. The fourth-order valence-corrected chi connectivity index (χ4v) is 3.45. The minimum atomic E-state index is -0.431. The van der Waals surface area contributed by atoms with E-state index in [2.05, 4.69) is 0 Å². The molecule has 0 aliphatic carbocycles. The van der Waals surface area contributed by atoms with Gasteiger partial charge in [0.05, 0.1) is 25.3 Å². The second-order valence-electron chi connectivity index (χ2n) is 6.48. The van der Waals surface area contributed by atoms with Crippen LogP contribution in [0.2, 0.25) is 0 Å². The topological polar surface area (TPSA) is 49.9 Å². The normalized spacial score (nSPS) is 17.8. The molecule has 0 radical (unpaired) electrons. The van der Waals surface area contributed by atoms with Crippen molar-refractivity contribution in [3.63, 3.8) is 0 Å². The summed E-state index contributed by atoms with van der Waals surface area (Å²) in [5, 5.41) is 0. The van der Waals surface area contributed by atoms with Crippen LogP contribution in [0, 0.1) is 5.82 Å². The van der Waals surface area contributed by atoms with Crippen LogP contribution in [0.25, 0.3) is 5.57 Å². The molecule has 2 aliphatic rings. The van der Waals surface area contributed by atoms with Gasteiger partial charge in [0.1, 0.15) is 11.5 Å². The Kier molecular flexibility index (Phi) is 4.73. The standard InChI is InChI=1S/C21H19FN2O3/c22-17-9-5-4-8-16(17)14-24-20(25)18(15-6-2-1-3-7-15)19(21(24)26)23-10-12-27-13-11-23/h1-9H,10-14H2. The Labute approximate surface area is 156 Å². The molecule has 0 N–H and O–H groups in total. The fraction of sp³-hybridized carbons (Fsp3) is 0.238. The molecule has 2 amide bonds. The molecular formula is C21H19FN2O3. The number of morpholine rings is 1. The van der Waals surface area contributed by atoms with Crippen molar-refractivity contribution in [2.24, 2.45) is 0 Å². The summed E-state index contributed by atoms with van der Waals surface area (Å²) < 4.78 is 19.5. The van der Waals surface area contributed by atoms with E-state index in [1.807, 2.05) is 35.2 Å². The summed E-state index contributed by atoms with van der Waals surface area (Å²) >= 11 is 0. The van der Waals surface area contributed by atoms with Crippen LogP contribution in [-0.4, -0.2) is 47.9 Å². The number of imide groups is 1. The van der Waals surface area contributed by atoms with Gasteiger partial charge in [0.15, 0.2) is 0 Å². The Hall–Kier alpha value is -2.99. The van der Waals surface area contributed by atoms with Crippen LogP contribution in [0.15, 0.2) is 60.3 Å². The molecule has 5 nitrogen and oxygen atoms in total. The molecule has 0 saturated carbocycles. The predicted molar refractivity (Wildman–Crippen MR) is 97.7 cm³/mol. The molecule has 27 heavy (non-hydrogen) atoms. The van der Waals surface area contributed by atoms with Crippen LogP contribution < -0.4 is 0 Å². The van der Waals surface area contributed by atoms with Crippen molar-refractivity contribution in [2.45, 2.75) is 6.54 Å². The number of rotatable bonds is 4. The molecule has 2 aliphatic heterocycles. The van der Waals surface area contributed by atoms with Crippen molar-refractivity contribution < 1.29 is 18.7 Å². The number of nitrogens with zero attached hydrogens (tertiary/aromatic N) is 2. The molecule has 138 valence electrons. The number of carbonyl (C=O) groups is 2. The predicted octanol–water partition coefficient (Wildman–Crippen LogP) is 2.44. The zero-order valence-electron chi connectivity index (χ0n) is 14.7. The summed E-state index contributed by atoms with van der Waals surface area (Å²) in [6.07, 6.45) is 0. The molecule has 2 aromatic rings. The summed E-state index contributed by atoms with van der Waals surface area (Å²) in [6.45, 7) is 1.99. The second-order valence-corrected chi connectivity index (χ2v) is 6.48. The first-order chi connectivity index (χ1) is 13.2. The Bertz CT molecular complexity index is 905. The maximum Gasteiger partial charge on any atom is 0.278 e. The van der Waals surface area contributed by atoms with Crippen LogP contribution in [0.5, 0.6) is 0 Å². The number of ether oxygens (including phenoxy) is 1. The maximum absolute atomic E-state index is 14.1. The Balaban J connectivity index is 1.74. The number of benzene rings is 2. The average molecular weight is 366 g/mol. The maximum atomic E-state index is 14.1. The highest BCUT2D eigenvalue weighted by molar-refractivity contribution is 6.35. The average Bonchev–Trinajstić information content (AvgIpc) is 2.95. The summed E-state index contributed by atoms with van der Waals surface area (Å²) in [4.78, 5) is 29.3. The molecule has 0 bridgehead atoms. The van der Waals surface area contributed by atoms with Crippen LogP contribution in [0.3, 0.4) is 0 Å². The third-order valence-corrected chi connectivity index (χ3v) is 4.82. The summed E-state index contributed by atoms with van der Waals surface area (Å²) in [7, 11) is 0. The van der Waals surface area contributed by atoms with Crippen LogP contribution in [-0.2, 0) is 20.9 Å². The van der Waals surface area contributed by atoms with Crippen molar-refractivity contribution in [3.05, 3.63) is 77.2 Å². The first-order valence-electron chi connectivity index (χ1n) is 8.89. The molecule has 6 heteroatoms. The lowest BCUT2D eigenvalue weighted by Gasteiger charge is -2.29. The summed E-state index contributed by atoms with van der Waals surface area (Å²) in [5.74, 6) is -1.21. The third kappa shape index (κ3) is 3.24. The van der Waals surface area contributed by atoms with Gasteiger partial charge in [-0.1, -0.05) is 48.5 Å². The minimum Gasteiger partial charge on any atom is -0.378 e. The molecular weight excluding hydrogens is 347 g/mol. The Morgan fingerprint density at radius 3 is 2.26 bits per heavy atom. The zero-order valence-corrected chi connectivity index (χ0v) is 14.7. The van der Waals surface area contributed by atoms with Gasteiger partial charge in [-0.2, -0.15) is 0 Å². The smallest absolute Gasteiger partial charge is 0.278 e. The molecule has 4 rings (SSSR count). The SMILES string of the molecule is O=C1C(c2ccccc2)=C(N2CCOCC2)C(=O)N1Cc1ccccc1F. The van der Waals surface area contributed by atoms with E-state index in [1.54, 1.807) is 18.2 Å². The minimum absolute atomic E-state index is 0.0888. The van der Waals surface area contributed by atoms with Gasteiger partial charge in [-0.05, 0) is 11.6 Å². The van der Waals surface area contributed by atoms with E-state index in [0.29, 0.717) is 48.7 Å². The quantitative estimate of drug-likeness (QED) is 0.780. The molecule has 2 aromatic carbocycles. The lowest BCUT2D eigenvalue weighted by Crippen LogP contribution is -2.40. The highest BCUT2D eigenvalue weighted by atomic mass is 19.1. The number of carbonyl (C=O) groups excluding carboxylic acids is 2. The third-order valence-electron chi connectivity index (χ3n) is 4.82. The summed E-state index contributed by atoms with van der Waals surface area (Å²) in [5.41, 5.74) is 1.76. The van der Waals surface area contributed by atoms with E-state index >= 15 is 0 Å². The lowest BCUT2D eigenvalue weighted by molar-refractivity contribution is -0.138. The van der Waals surface area contributed by atoms with E-state index in [9.17, 15) is 14.0 Å². The second kappa shape index (κ2) is 7.32. The van der Waals surface area contributed by atoms with Gasteiger partial charge in [0, 0.05) is 18.7 Å². The van der Waals surface area contributed by atoms with Crippen molar-refractivity contribution in [3.8, 4) is 0 Å². The Morgan fingerprint density at radius 2 is 1.56 bits per heavy atom. The van der Waals surface area contributed by atoms with Crippen molar-refractivity contribution in [1.29, 1.82) is 0 Å². The highest BCUT2D eigenvalue weighted by Crippen LogP contribution is 2.33. The van der Waals surface area contributed by atoms with Crippen LogP contribution in [0.1, 0.15) is 11.1 Å². The van der Waals surface area contributed by atoms with Gasteiger partial charge >= 0.3 is 0 Å². The molecule has 0 spiro atoms. The summed E-state index contributed by atoms with van der Waals surface area (Å²) in [6, 6.07) is 15.3. The van der Waals surface area contributed by atoms with Gasteiger partial charge in [0.25, 0.3) is 11.8 Å². The first-order valence-corrected chi connectivity index (χ1v) is 8.89. The van der Waals surface area contributed by atoms with Crippen molar-refractivity contribution in [2.75, 3.05) is 26.3 Å². The molecule has 0 atom stereocenters. The molecule has 1 fully saturated rings. The molecule has 0 aromatic heterocycles. The molecule has 0 unspecified atom stereocenters. The Morgan fingerprint density at radius 1 is 0.889 bits per heavy atom. The molecule has 1 saturated heterocycles. The van der Waals surface area contributed by atoms with Gasteiger partial charge in [-0.15, -0.1) is 0 Å². The van der Waals surface area contributed by atoms with Gasteiger partial charge in [0.2, 0.25) is 0 Å². The van der Waals surface area contributed by atoms with E-state index in [1.165, 1.54) is 6.07 Å². The van der Waals surface area contributed by atoms with Gasteiger partial charge < -0.3 is 9.64 Å². The number of halogens is 1. The fourth-order valence-electron chi connectivity index (χ4n) is 3.45. The van der Waals surface area contributed by atoms with E-state index in [-0.39, 0.29) is 12.5 Å². The van der Waals surface area contributed by atoms with Gasteiger partial charge in [-0.3, -0.25) is 14.5 Å². The van der Waals surface area contributed by atoms with Crippen molar-refractivity contribution in [1.82, 2.24) is 9.80 Å². The monoisotopic (exact) mass is 366 g/mol. The number of hydrogen-bond acceptors (Lipinski definition) is 4. The van der Waals surface area contributed by atoms with Crippen LogP contribution >= 0.6 is 0 Å². The largest absolute Gasteiger partial charge is 0.378 e. The van der Waals surface area contributed by atoms with Crippen molar-refractivity contribution >= 4 is 17.4 Å². The van der Waals surface area contributed by atoms with E-state index in [0.717, 1.165) is 4.90 Å². The molecule has 2 heterocycles. The van der Waals surface area contributed by atoms with Crippen LogP contribution in [0.4, 0.5) is 4.39 Å². The number of hydrogen-bond donors (Lipinski definition) is 0. The number of amides is 2. The first kappa shape index (κ1) is 17.4. The van der Waals surface area contributed by atoms with Gasteiger partial charge in [-0.25, -0.2) is 4.39 Å². The van der Waals surface area contributed by atoms with E-state index in [4.69, 9.17) is 4.74 Å². The zero-order chi connectivity index (χ0) is 18.8. The highest BCUT2D eigenvalue weighted by Gasteiger charge is 2.42.